The molecule has 1 heterocycles. The SMILES string of the molecule is CN(c1ccc(N2C(=O)[C@@H]3[C@H](C2=O)[C@H]2C=C[C@H]3C2)cc1[N+](=O)[O-])C1CCCCC1. The van der Waals surface area contributed by atoms with Gasteiger partial charge in [-0.2, -0.15) is 0 Å². The predicted molar refractivity (Wildman–Crippen MR) is 109 cm³/mol. The molecule has 1 aromatic rings. The molecule has 0 radical (unpaired) electrons. The van der Waals surface area contributed by atoms with Crippen LogP contribution in [0.5, 0.6) is 0 Å². The summed E-state index contributed by atoms with van der Waals surface area (Å²) in [5.41, 5.74) is 0.822. The van der Waals surface area contributed by atoms with Gasteiger partial charge in [-0.1, -0.05) is 31.4 Å². The van der Waals surface area contributed by atoms with Gasteiger partial charge in [0, 0.05) is 19.2 Å². The van der Waals surface area contributed by atoms with Gasteiger partial charge in [0.1, 0.15) is 5.69 Å². The van der Waals surface area contributed by atoms with Crippen molar-refractivity contribution in [1.82, 2.24) is 0 Å². The summed E-state index contributed by atoms with van der Waals surface area (Å²) in [5.74, 6) is -0.780. The number of carbonyl (C=O) groups excluding carboxylic acids is 2. The molecule has 7 heteroatoms. The minimum Gasteiger partial charge on any atom is -0.366 e. The molecule has 3 fully saturated rings. The number of allylic oxidation sites excluding steroid dienone is 2. The standard InChI is InChI=1S/C22H25N3O4/c1-23(15-5-3-2-4-6-15)17-10-9-16(12-18(17)25(28)29)24-21(26)19-13-7-8-14(11-13)20(19)22(24)27/h7-10,12-15,19-20H,2-6,11H2,1H3/t13-,14-,19-,20+/m0/s1. The number of nitro groups is 1. The van der Waals surface area contributed by atoms with Gasteiger partial charge in [0.15, 0.2) is 0 Å². The molecule has 0 unspecified atom stereocenters. The maximum absolute atomic E-state index is 13.0. The van der Waals surface area contributed by atoms with E-state index in [-0.39, 0.29) is 47.2 Å². The van der Waals surface area contributed by atoms with Crippen LogP contribution < -0.4 is 9.80 Å². The van der Waals surface area contributed by atoms with Crippen molar-refractivity contribution >= 4 is 28.9 Å². The first-order valence-corrected chi connectivity index (χ1v) is 10.5. The molecule has 0 N–H and O–H groups in total. The fraction of sp³-hybridized carbons (Fsp3) is 0.545. The number of hydrogen-bond acceptors (Lipinski definition) is 5. The minimum atomic E-state index is -0.407. The number of carbonyl (C=O) groups is 2. The van der Waals surface area contributed by atoms with Crippen LogP contribution >= 0.6 is 0 Å². The average molecular weight is 395 g/mol. The highest BCUT2D eigenvalue weighted by molar-refractivity contribution is 6.23. The van der Waals surface area contributed by atoms with Crippen molar-refractivity contribution in [1.29, 1.82) is 0 Å². The second kappa shape index (κ2) is 6.68. The fourth-order valence-electron chi connectivity index (χ4n) is 5.92. The third-order valence-corrected chi connectivity index (χ3v) is 7.39. The Hall–Kier alpha value is -2.70. The van der Waals surface area contributed by atoms with Crippen LogP contribution in [-0.4, -0.2) is 29.8 Å². The summed E-state index contributed by atoms with van der Waals surface area (Å²) in [6, 6.07) is 5.07. The van der Waals surface area contributed by atoms with E-state index >= 15 is 0 Å². The fourth-order valence-corrected chi connectivity index (χ4v) is 5.92. The Labute approximate surface area is 169 Å². The molecule has 0 spiro atoms. The molecule has 1 aliphatic heterocycles. The van der Waals surface area contributed by atoms with Gasteiger partial charge >= 0.3 is 0 Å². The third kappa shape index (κ3) is 2.70. The van der Waals surface area contributed by atoms with Crippen molar-refractivity contribution in [2.45, 2.75) is 44.6 Å². The molecule has 2 bridgehead atoms. The Morgan fingerprint density at radius 3 is 2.24 bits per heavy atom. The quantitative estimate of drug-likeness (QED) is 0.336. The van der Waals surface area contributed by atoms with Gasteiger partial charge in [0.05, 0.1) is 22.4 Å². The largest absolute Gasteiger partial charge is 0.366 e. The lowest BCUT2D eigenvalue weighted by Gasteiger charge is -2.32. The van der Waals surface area contributed by atoms with Crippen LogP contribution in [0.15, 0.2) is 30.4 Å². The summed E-state index contributed by atoms with van der Waals surface area (Å²) in [4.78, 5) is 40.7. The van der Waals surface area contributed by atoms with Crippen LogP contribution in [0.3, 0.4) is 0 Å². The van der Waals surface area contributed by atoms with Crippen LogP contribution in [-0.2, 0) is 9.59 Å². The Morgan fingerprint density at radius 1 is 1.03 bits per heavy atom. The first kappa shape index (κ1) is 18.3. The number of fused-ring (bicyclic) bond motifs is 5. The van der Waals surface area contributed by atoms with Gasteiger partial charge in [-0.15, -0.1) is 0 Å². The molecule has 4 aliphatic rings. The first-order valence-electron chi connectivity index (χ1n) is 10.5. The number of amides is 2. The number of hydrogen-bond donors (Lipinski definition) is 0. The van der Waals surface area contributed by atoms with E-state index in [2.05, 4.69) is 0 Å². The number of nitro benzene ring substituents is 1. The molecule has 1 saturated heterocycles. The van der Waals surface area contributed by atoms with Gasteiger partial charge in [0.25, 0.3) is 5.69 Å². The van der Waals surface area contributed by atoms with E-state index in [0.717, 1.165) is 32.1 Å². The number of benzene rings is 1. The zero-order valence-corrected chi connectivity index (χ0v) is 16.5. The Bertz CT molecular complexity index is 891. The molecule has 1 aromatic carbocycles. The van der Waals surface area contributed by atoms with Crippen molar-refractivity contribution in [3.63, 3.8) is 0 Å². The van der Waals surface area contributed by atoms with Gasteiger partial charge in [-0.05, 0) is 43.2 Å². The van der Waals surface area contributed by atoms with Crippen LogP contribution in [0, 0.1) is 33.8 Å². The lowest BCUT2D eigenvalue weighted by atomic mass is 9.85. The van der Waals surface area contributed by atoms with Crippen molar-refractivity contribution in [2.75, 3.05) is 16.8 Å². The summed E-state index contributed by atoms with van der Waals surface area (Å²) in [5, 5.41) is 11.8. The highest BCUT2D eigenvalue weighted by atomic mass is 16.6. The minimum absolute atomic E-state index is 0.0469. The van der Waals surface area contributed by atoms with Crippen LogP contribution in [0.4, 0.5) is 17.1 Å². The van der Waals surface area contributed by atoms with Crippen molar-refractivity contribution < 1.29 is 14.5 Å². The third-order valence-electron chi connectivity index (χ3n) is 7.39. The van der Waals surface area contributed by atoms with E-state index in [9.17, 15) is 19.7 Å². The lowest BCUT2D eigenvalue weighted by Crippen LogP contribution is -2.34. The maximum atomic E-state index is 13.0. The Morgan fingerprint density at radius 2 is 1.66 bits per heavy atom. The molecule has 5 rings (SSSR count). The van der Waals surface area contributed by atoms with Crippen LogP contribution in [0.1, 0.15) is 38.5 Å². The molecular formula is C22H25N3O4. The summed E-state index contributed by atoms with van der Waals surface area (Å²) < 4.78 is 0. The lowest BCUT2D eigenvalue weighted by molar-refractivity contribution is -0.384. The topological polar surface area (TPSA) is 83.8 Å². The summed E-state index contributed by atoms with van der Waals surface area (Å²) >= 11 is 0. The van der Waals surface area contributed by atoms with E-state index in [1.54, 1.807) is 12.1 Å². The summed E-state index contributed by atoms with van der Waals surface area (Å²) in [7, 11) is 1.90. The molecule has 7 nitrogen and oxygen atoms in total. The van der Waals surface area contributed by atoms with E-state index in [1.807, 2.05) is 24.1 Å². The summed E-state index contributed by atoms with van der Waals surface area (Å²) in [6.45, 7) is 0. The second-order valence-electron chi connectivity index (χ2n) is 8.84. The van der Waals surface area contributed by atoms with Crippen LogP contribution in [0.25, 0.3) is 0 Å². The van der Waals surface area contributed by atoms with E-state index in [1.165, 1.54) is 17.4 Å². The number of imide groups is 1. The molecule has 152 valence electrons. The van der Waals surface area contributed by atoms with Gasteiger partial charge in [-0.25, -0.2) is 4.90 Å². The highest BCUT2D eigenvalue weighted by Crippen LogP contribution is 2.53. The molecule has 2 amide bonds. The average Bonchev–Trinajstić information content (AvgIpc) is 3.41. The molecule has 2 saturated carbocycles. The monoisotopic (exact) mass is 395 g/mol. The highest BCUT2D eigenvalue weighted by Gasteiger charge is 2.59. The number of nitrogens with zero attached hydrogens (tertiary/aromatic N) is 3. The van der Waals surface area contributed by atoms with Crippen molar-refractivity contribution in [3.8, 4) is 0 Å². The van der Waals surface area contributed by atoms with Gasteiger partial charge in [0.2, 0.25) is 11.8 Å². The van der Waals surface area contributed by atoms with Gasteiger partial charge in [-0.3, -0.25) is 19.7 Å². The Balaban J connectivity index is 1.47. The maximum Gasteiger partial charge on any atom is 0.294 e. The molecular weight excluding hydrogens is 370 g/mol. The van der Waals surface area contributed by atoms with E-state index in [4.69, 9.17) is 0 Å². The zero-order chi connectivity index (χ0) is 20.3. The predicted octanol–water partition coefficient (Wildman–Crippen LogP) is 3.68. The van der Waals surface area contributed by atoms with Crippen molar-refractivity contribution in [3.05, 3.63) is 40.5 Å². The summed E-state index contributed by atoms with van der Waals surface area (Å²) in [6.07, 6.45) is 10.5. The molecule has 0 aromatic heterocycles. The molecule has 29 heavy (non-hydrogen) atoms. The second-order valence-corrected chi connectivity index (χ2v) is 8.84. The van der Waals surface area contributed by atoms with Gasteiger partial charge < -0.3 is 4.90 Å². The zero-order valence-electron chi connectivity index (χ0n) is 16.5. The first-order chi connectivity index (χ1) is 14.0. The van der Waals surface area contributed by atoms with Crippen LogP contribution in [0.2, 0.25) is 0 Å². The van der Waals surface area contributed by atoms with E-state index in [0.29, 0.717) is 11.4 Å². The van der Waals surface area contributed by atoms with E-state index < -0.39 is 4.92 Å². The molecule has 3 aliphatic carbocycles. The Kier molecular flexibility index (Phi) is 4.22. The number of anilines is 2. The van der Waals surface area contributed by atoms with Crippen molar-refractivity contribution in [2.24, 2.45) is 23.7 Å². The normalized spacial score (nSPS) is 30.9. The smallest absolute Gasteiger partial charge is 0.294 e. The molecule has 4 atom stereocenters. The number of rotatable bonds is 4.